The van der Waals surface area contributed by atoms with Gasteiger partial charge >= 0.3 is 0 Å². The van der Waals surface area contributed by atoms with Crippen LogP contribution in [0.25, 0.3) is 0 Å². The lowest BCUT2D eigenvalue weighted by atomic mass is 10.2. The van der Waals surface area contributed by atoms with Gasteiger partial charge in [0, 0.05) is 24.8 Å². The highest BCUT2D eigenvalue weighted by atomic mass is 79.9. The van der Waals surface area contributed by atoms with Crippen molar-refractivity contribution in [2.45, 2.75) is 19.3 Å². The summed E-state index contributed by atoms with van der Waals surface area (Å²) < 4.78 is 5.98. The fraction of sp³-hybridized carbons (Fsp3) is 0.417. The molecule has 0 unspecified atom stereocenters. The van der Waals surface area contributed by atoms with Gasteiger partial charge in [0.05, 0.1) is 11.6 Å². The van der Waals surface area contributed by atoms with Crippen LogP contribution in [0.2, 0.25) is 0 Å². The summed E-state index contributed by atoms with van der Waals surface area (Å²) in [6, 6.07) is 5.38. The zero-order valence-electron chi connectivity index (χ0n) is 9.70. The Morgan fingerprint density at radius 3 is 2.88 bits per heavy atom. The average Bonchev–Trinajstić information content (AvgIpc) is 2.32. The van der Waals surface area contributed by atoms with Gasteiger partial charge in [-0.05, 0) is 40.9 Å². The van der Waals surface area contributed by atoms with Crippen molar-refractivity contribution >= 4 is 27.5 Å². The molecule has 1 aromatic carbocycles. The molecule has 0 aliphatic carbocycles. The molecule has 94 valence electrons. The molecule has 0 fully saturated rings. The number of rotatable bonds is 6. The van der Waals surface area contributed by atoms with Crippen LogP contribution in [-0.2, 0) is 4.79 Å². The second-order valence-corrected chi connectivity index (χ2v) is 4.43. The van der Waals surface area contributed by atoms with Gasteiger partial charge in [-0.1, -0.05) is 0 Å². The van der Waals surface area contributed by atoms with Crippen molar-refractivity contribution in [1.82, 2.24) is 0 Å². The molecule has 1 rings (SSSR count). The maximum Gasteiger partial charge on any atom is 0.224 e. The molecule has 0 heterocycles. The van der Waals surface area contributed by atoms with Gasteiger partial charge in [-0.15, -0.1) is 0 Å². The predicted octanol–water partition coefficient (Wildman–Crippen LogP) is 2.56. The Balaban J connectivity index is 2.53. The third-order valence-corrected chi connectivity index (χ3v) is 2.90. The Hall–Kier alpha value is -1.07. The van der Waals surface area contributed by atoms with Crippen molar-refractivity contribution in [3.8, 4) is 5.75 Å². The minimum Gasteiger partial charge on any atom is -0.495 e. The van der Waals surface area contributed by atoms with E-state index in [4.69, 9.17) is 9.84 Å². The molecule has 17 heavy (non-hydrogen) atoms. The van der Waals surface area contributed by atoms with Crippen LogP contribution in [0.15, 0.2) is 22.7 Å². The van der Waals surface area contributed by atoms with E-state index < -0.39 is 0 Å². The van der Waals surface area contributed by atoms with Crippen molar-refractivity contribution in [3.63, 3.8) is 0 Å². The monoisotopic (exact) mass is 301 g/mol. The van der Waals surface area contributed by atoms with E-state index in [2.05, 4.69) is 21.2 Å². The maximum atomic E-state index is 11.5. The van der Waals surface area contributed by atoms with Crippen molar-refractivity contribution < 1.29 is 14.6 Å². The number of unbranched alkanes of at least 4 members (excludes halogenated alkanes) is 1. The molecule has 1 aromatic rings. The number of aliphatic hydroxyl groups is 1. The van der Waals surface area contributed by atoms with E-state index in [1.165, 1.54) is 0 Å². The molecule has 0 bridgehead atoms. The first-order valence-electron chi connectivity index (χ1n) is 5.41. The number of carbonyl (C=O) groups is 1. The number of ether oxygens (including phenoxy) is 1. The standard InChI is InChI=1S/C12H16BrNO3/c1-17-11-8-9(5-6-10(11)13)14-12(16)4-2-3-7-15/h5-6,8,15H,2-4,7H2,1H3,(H,14,16). The topological polar surface area (TPSA) is 58.6 Å². The van der Waals surface area contributed by atoms with Crippen molar-refractivity contribution in [2.24, 2.45) is 0 Å². The predicted molar refractivity (Wildman–Crippen MR) is 70.3 cm³/mol. The summed E-state index contributed by atoms with van der Waals surface area (Å²) in [6.07, 6.45) is 1.76. The summed E-state index contributed by atoms with van der Waals surface area (Å²) in [7, 11) is 1.58. The molecule has 0 radical (unpaired) electrons. The number of carbonyl (C=O) groups excluding carboxylic acids is 1. The van der Waals surface area contributed by atoms with Gasteiger partial charge in [-0.25, -0.2) is 0 Å². The zero-order chi connectivity index (χ0) is 12.7. The first kappa shape index (κ1) is 14.0. The van der Waals surface area contributed by atoms with Crippen LogP contribution in [0.3, 0.4) is 0 Å². The molecule has 5 heteroatoms. The summed E-state index contributed by atoms with van der Waals surface area (Å²) in [5.74, 6) is 0.626. The number of halogens is 1. The number of benzene rings is 1. The SMILES string of the molecule is COc1cc(NC(=O)CCCCO)ccc1Br. The van der Waals surface area contributed by atoms with Gasteiger partial charge in [0.1, 0.15) is 5.75 Å². The summed E-state index contributed by atoms with van der Waals surface area (Å²) in [4.78, 5) is 11.5. The molecule has 0 saturated heterocycles. The second-order valence-electron chi connectivity index (χ2n) is 3.58. The molecule has 4 nitrogen and oxygen atoms in total. The third kappa shape index (κ3) is 4.75. The lowest BCUT2D eigenvalue weighted by Crippen LogP contribution is -2.11. The molecule has 0 aliphatic rings. The Kier molecular flexibility index (Phi) is 6.00. The van der Waals surface area contributed by atoms with E-state index in [1.807, 2.05) is 6.07 Å². The van der Waals surface area contributed by atoms with E-state index in [0.717, 1.165) is 4.47 Å². The number of anilines is 1. The van der Waals surface area contributed by atoms with Crippen LogP contribution in [0, 0.1) is 0 Å². The van der Waals surface area contributed by atoms with E-state index in [0.29, 0.717) is 30.7 Å². The average molecular weight is 302 g/mol. The van der Waals surface area contributed by atoms with Crippen molar-refractivity contribution in [3.05, 3.63) is 22.7 Å². The first-order valence-corrected chi connectivity index (χ1v) is 6.21. The van der Waals surface area contributed by atoms with Crippen LogP contribution >= 0.6 is 15.9 Å². The lowest BCUT2D eigenvalue weighted by molar-refractivity contribution is -0.116. The number of hydrogen-bond donors (Lipinski definition) is 2. The van der Waals surface area contributed by atoms with Crippen LogP contribution < -0.4 is 10.1 Å². The van der Waals surface area contributed by atoms with Crippen LogP contribution in [0.5, 0.6) is 5.75 Å². The molecule has 2 N–H and O–H groups in total. The van der Waals surface area contributed by atoms with Crippen LogP contribution in [-0.4, -0.2) is 24.7 Å². The van der Waals surface area contributed by atoms with Gasteiger partial charge in [0.2, 0.25) is 5.91 Å². The van der Waals surface area contributed by atoms with Gasteiger partial charge < -0.3 is 15.2 Å². The number of nitrogens with one attached hydrogen (secondary N) is 1. The second kappa shape index (κ2) is 7.29. The van der Waals surface area contributed by atoms with Gasteiger partial charge in [-0.3, -0.25) is 4.79 Å². The minimum absolute atomic E-state index is 0.0529. The largest absolute Gasteiger partial charge is 0.495 e. The molecule has 0 spiro atoms. The summed E-state index contributed by atoms with van der Waals surface area (Å²) in [5.41, 5.74) is 0.707. The van der Waals surface area contributed by atoms with Gasteiger partial charge in [0.15, 0.2) is 0 Å². The Labute approximate surface area is 109 Å². The van der Waals surface area contributed by atoms with Crippen molar-refractivity contribution in [2.75, 3.05) is 19.0 Å². The molecule has 0 saturated carbocycles. The summed E-state index contributed by atoms with van der Waals surface area (Å²) in [5, 5.41) is 11.4. The van der Waals surface area contributed by atoms with Crippen LogP contribution in [0.1, 0.15) is 19.3 Å². The highest BCUT2D eigenvalue weighted by Crippen LogP contribution is 2.27. The maximum absolute atomic E-state index is 11.5. The van der Waals surface area contributed by atoms with E-state index in [1.54, 1.807) is 19.2 Å². The molecular weight excluding hydrogens is 286 g/mol. The van der Waals surface area contributed by atoms with Crippen molar-refractivity contribution in [1.29, 1.82) is 0 Å². The number of amides is 1. The zero-order valence-corrected chi connectivity index (χ0v) is 11.3. The highest BCUT2D eigenvalue weighted by molar-refractivity contribution is 9.10. The summed E-state index contributed by atoms with van der Waals surface area (Å²) in [6.45, 7) is 0.124. The molecule has 0 aromatic heterocycles. The Morgan fingerprint density at radius 1 is 1.47 bits per heavy atom. The fourth-order valence-corrected chi connectivity index (χ4v) is 1.77. The Morgan fingerprint density at radius 2 is 2.24 bits per heavy atom. The quantitative estimate of drug-likeness (QED) is 0.794. The van der Waals surface area contributed by atoms with E-state index in [9.17, 15) is 4.79 Å². The third-order valence-electron chi connectivity index (χ3n) is 2.25. The molecular formula is C12H16BrNO3. The number of aliphatic hydroxyl groups excluding tert-OH is 1. The summed E-state index contributed by atoms with van der Waals surface area (Å²) >= 11 is 3.34. The minimum atomic E-state index is -0.0529. The molecule has 0 atom stereocenters. The fourth-order valence-electron chi connectivity index (χ4n) is 1.36. The molecule has 0 aliphatic heterocycles. The normalized spacial score (nSPS) is 10.1. The van der Waals surface area contributed by atoms with E-state index >= 15 is 0 Å². The first-order chi connectivity index (χ1) is 8.17. The lowest BCUT2D eigenvalue weighted by Gasteiger charge is -2.08. The number of methoxy groups -OCH3 is 1. The van der Waals surface area contributed by atoms with Crippen LogP contribution in [0.4, 0.5) is 5.69 Å². The number of hydrogen-bond acceptors (Lipinski definition) is 3. The molecule has 1 amide bonds. The highest BCUT2D eigenvalue weighted by Gasteiger charge is 2.05. The smallest absolute Gasteiger partial charge is 0.224 e. The van der Waals surface area contributed by atoms with Gasteiger partial charge in [0.25, 0.3) is 0 Å². The van der Waals surface area contributed by atoms with Gasteiger partial charge in [-0.2, -0.15) is 0 Å². The van der Waals surface area contributed by atoms with E-state index in [-0.39, 0.29) is 12.5 Å². The Bertz CT molecular complexity index is 382.